The molecular formula is C20H27FN4O2. The number of halogens is 1. The van der Waals surface area contributed by atoms with Crippen LogP contribution >= 0.6 is 0 Å². The summed E-state index contributed by atoms with van der Waals surface area (Å²) in [7, 11) is 0. The smallest absolute Gasteiger partial charge is 0.301 e. The number of nitrogens with zero attached hydrogens (tertiary/aromatic N) is 3. The Morgan fingerprint density at radius 2 is 1.59 bits per heavy atom. The van der Waals surface area contributed by atoms with Crippen LogP contribution in [0.25, 0.3) is 0 Å². The molecule has 1 aromatic heterocycles. The van der Waals surface area contributed by atoms with Crippen LogP contribution in [0.15, 0.2) is 40.1 Å². The molecule has 27 heavy (non-hydrogen) atoms. The number of aromatic nitrogens is 2. The molecule has 0 atom stereocenters. The summed E-state index contributed by atoms with van der Waals surface area (Å²) in [5, 5.41) is 0. The maximum Gasteiger partial charge on any atom is 0.328 e. The highest BCUT2D eigenvalue weighted by Gasteiger charge is 2.16. The molecule has 1 saturated heterocycles. The second kappa shape index (κ2) is 9.10. The van der Waals surface area contributed by atoms with E-state index in [9.17, 15) is 14.0 Å². The van der Waals surface area contributed by atoms with E-state index in [4.69, 9.17) is 0 Å². The van der Waals surface area contributed by atoms with Gasteiger partial charge in [0.25, 0.3) is 5.56 Å². The zero-order valence-corrected chi connectivity index (χ0v) is 15.8. The third-order valence-electron chi connectivity index (χ3n) is 5.10. The number of benzene rings is 1. The summed E-state index contributed by atoms with van der Waals surface area (Å²) in [6.07, 6.45) is 3.55. The van der Waals surface area contributed by atoms with Crippen molar-refractivity contribution < 1.29 is 4.39 Å². The van der Waals surface area contributed by atoms with Gasteiger partial charge in [0, 0.05) is 51.0 Å². The summed E-state index contributed by atoms with van der Waals surface area (Å²) < 4.78 is 14.6. The van der Waals surface area contributed by atoms with Gasteiger partial charge in [0.2, 0.25) is 0 Å². The molecular weight excluding hydrogens is 347 g/mol. The van der Waals surface area contributed by atoms with E-state index in [2.05, 4.69) is 14.8 Å². The number of unbranched alkanes of at least 4 members (excludes halogenated alkanes) is 1. The number of hydrogen-bond donors (Lipinski definition) is 1. The highest BCUT2D eigenvalue weighted by Crippen LogP contribution is 2.10. The molecule has 0 bridgehead atoms. The van der Waals surface area contributed by atoms with Gasteiger partial charge in [-0.25, -0.2) is 9.18 Å². The summed E-state index contributed by atoms with van der Waals surface area (Å²) in [5.41, 5.74) is 1.06. The minimum atomic E-state index is -0.333. The quantitative estimate of drug-likeness (QED) is 0.748. The second-order valence-electron chi connectivity index (χ2n) is 7.22. The van der Waals surface area contributed by atoms with Gasteiger partial charge in [-0.2, -0.15) is 0 Å². The summed E-state index contributed by atoms with van der Waals surface area (Å²) >= 11 is 0. The number of piperazine rings is 1. The average molecular weight is 374 g/mol. The minimum Gasteiger partial charge on any atom is -0.301 e. The predicted octanol–water partition coefficient (Wildman–Crippen LogP) is 1.58. The van der Waals surface area contributed by atoms with Gasteiger partial charge in [-0.05, 0) is 44.0 Å². The molecule has 1 N–H and O–H groups in total. The Labute approximate surface area is 158 Å². The second-order valence-corrected chi connectivity index (χ2v) is 7.22. The molecule has 2 aromatic rings. The van der Waals surface area contributed by atoms with Gasteiger partial charge >= 0.3 is 5.69 Å². The first kappa shape index (κ1) is 19.5. The van der Waals surface area contributed by atoms with E-state index in [1.165, 1.54) is 12.1 Å². The molecule has 146 valence electrons. The molecule has 0 radical (unpaired) electrons. The van der Waals surface area contributed by atoms with Crippen molar-refractivity contribution in [2.24, 2.45) is 0 Å². The number of aryl methyl sites for hydroxylation is 2. The van der Waals surface area contributed by atoms with E-state index in [1.807, 2.05) is 12.1 Å². The SMILES string of the molecule is Cc1cn(CCCCN2CCN(Cc3ccc(F)cc3)CC2)c(=O)[nH]c1=O. The Hall–Kier alpha value is -2.25. The van der Waals surface area contributed by atoms with E-state index >= 15 is 0 Å². The molecule has 0 saturated carbocycles. The minimum absolute atomic E-state index is 0.192. The molecule has 0 amide bonds. The monoisotopic (exact) mass is 374 g/mol. The first-order valence-corrected chi connectivity index (χ1v) is 9.51. The fourth-order valence-electron chi connectivity index (χ4n) is 3.42. The van der Waals surface area contributed by atoms with Crippen molar-refractivity contribution in [2.75, 3.05) is 32.7 Å². The molecule has 0 unspecified atom stereocenters. The van der Waals surface area contributed by atoms with Gasteiger partial charge in [0.05, 0.1) is 0 Å². The van der Waals surface area contributed by atoms with Crippen molar-refractivity contribution in [2.45, 2.75) is 32.9 Å². The van der Waals surface area contributed by atoms with Crippen LogP contribution in [-0.4, -0.2) is 52.1 Å². The van der Waals surface area contributed by atoms with Crippen LogP contribution in [0.1, 0.15) is 24.0 Å². The van der Waals surface area contributed by atoms with E-state index in [-0.39, 0.29) is 17.1 Å². The normalized spacial score (nSPS) is 15.9. The van der Waals surface area contributed by atoms with Gasteiger partial charge in [-0.3, -0.25) is 14.7 Å². The Balaban J connectivity index is 1.36. The largest absolute Gasteiger partial charge is 0.328 e. The first-order chi connectivity index (χ1) is 13.0. The fraction of sp³-hybridized carbons (Fsp3) is 0.500. The standard InChI is InChI=1S/C20H27FN4O2/c1-16-14-25(20(27)22-19(16)26)9-3-2-8-23-10-12-24(13-11-23)15-17-4-6-18(21)7-5-17/h4-7,14H,2-3,8-13,15H2,1H3,(H,22,26,27). The molecule has 7 heteroatoms. The van der Waals surface area contributed by atoms with Crippen LogP contribution in [0, 0.1) is 12.7 Å². The number of aromatic amines is 1. The summed E-state index contributed by atoms with van der Waals surface area (Å²) in [4.78, 5) is 30.3. The van der Waals surface area contributed by atoms with Crippen LogP contribution in [0.4, 0.5) is 4.39 Å². The van der Waals surface area contributed by atoms with E-state index < -0.39 is 0 Å². The molecule has 2 heterocycles. The summed E-state index contributed by atoms with van der Waals surface area (Å²) in [6.45, 7) is 8.29. The van der Waals surface area contributed by atoms with Crippen molar-refractivity contribution in [1.82, 2.24) is 19.4 Å². The molecule has 0 aliphatic carbocycles. The Kier molecular flexibility index (Phi) is 6.58. The zero-order chi connectivity index (χ0) is 19.2. The Morgan fingerprint density at radius 3 is 2.30 bits per heavy atom. The maximum absolute atomic E-state index is 13.0. The number of hydrogen-bond acceptors (Lipinski definition) is 4. The topological polar surface area (TPSA) is 61.3 Å². The van der Waals surface area contributed by atoms with Crippen molar-refractivity contribution in [3.63, 3.8) is 0 Å². The third-order valence-corrected chi connectivity index (χ3v) is 5.10. The van der Waals surface area contributed by atoms with Crippen molar-refractivity contribution >= 4 is 0 Å². The van der Waals surface area contributed by atoms with Crippen molar-refractivity contribution in [1.29, 1.82) is 0 Å². The number of H-pyrrole nitrogens is 1. The zero-order valence-electron chi connectivity index (χ0n) is 15.8. The molecule has 1 fully saturated rings. The van der Waals surface area contributed by atoms with Crippen LogP contribution < -0.4 is 11.2 Å². The van der Waals surface area contributed by atoms with Crippen LogP contribution in [0.2, 0.25) is 0 Å². The van der Waals surface area contributed by atoms with E-state index in [0.29, 0.717) is 12.1 Å². The van der Waals surface area contributed by atoms with Gasteiger partial charge in [-0.15, -0.1) is 0 Å². The van der Waals surface area contributed by atoms with Gasteiger partial charge in [0.1, 0.15) is 5.82 Å². The van der Waals surface area contributed by atoms with Crippen molar-refractivity contribution in [3.8, 4) is 0 Å². The van der Waals surface area contributed by atoms with Gasteiger partial charge < -0.3 is 9.47 Å². The van der Waals surface area contributed by atoms with Crippen molar-refractivity contribution in [3.05, 3.63) is 68.2 Å². The fourth-order valence-corrected chi connectivity index (χ4v) is 3.42. The highest BCUT2D eigenvalue weighted by molar-refractivity contribution is 5.16. The molecule has 6 nitrogen and oxygen atoms in total. The molecule has 0 spiro atoms. The lowest BCUT2D eigenvalue weighted by molar-refractivity contribution is 0.125. The lowest BCUT2D eigenvalue weighted by atomic mass is 10.2. The summed E-state index contributed by atoms with van der Waals surface area (Å²) in [5.74, 6) is -0.192. The van der Waals surface area contributed by atoms with Gasteiger partial charge in [-0.1, -0.05) is 12.1 Å². The molecule has 1 aromatic carbocycles. The number of nitrogens with one attached hydrogen (secondary N) is 1. The lowest BCUT2D eigenvalue weighted by Crippen LogP contribution is -2.46. The molecule has 1 aliphatic rings. The first-order valence-electron chi connectivity index (χ1n) is 9.51. The number of rotatable bonds is 7. The van der Waals surface area contributed by atoms with E-state index in [1.54, 1.807) is 17.7 Å². The Morgan fingerprint density at radius 1 is 0.963 bits per heavy atom. The third kappa shape index (κ3) is 5.61. The highest BCUT2D eigenvalue weighted by atomic mass is 19.1. The Bertz CT molecular complexity index is 852. The lowest BCUT2D eigenvalue weighted by Gasteiger charge is -2.34. The van der Waals surface area contributed by atoms with Crippen LogP contribution in [0.3, 0.4) is 0 Å². The average Bonchev–Trinajstić information content (AvgIpc) is 2.66. The van der Waals surface area contributed by atoms with Gasteiger partial charge in [0.15, 0.2) is 0 Å². The summed E-state index contributed by atoms with van der Waals surface area (Å²) in [6, 6.07) is 6.73. The molecule has 3 rings (SSSR count). The molecule has 1 aliphatic heterocycles. The predicted molar refractivity (Wildman–Crippen MR) is 103 cm³/mol. The maximum atomic E-state index is 13.0. The van der Waals surface area contributed by atoms with Crippen LogP contribution in [-0.2, 0) is 13.1 Å². The van der Waals surface area contributed by atoms with E-state index in [0.717, 1.165) is 57.7 Å². The van der Waals surface area contributed by atoms with Crippen LogP contribution in [0.5, 0.6) is 0 Å².